The number of aromatic nitrogens is 2. The normalized spacial score (nSPS) is 19.8. The van der Waals surface area contributed by atoms with E-state index in [0.29, 0.717) is 52.8 Å². The number of amides is 2. The monoisotopic (exact) mass is 594 g/mol. The maximum Gasteiger partial charge on any atom is 0.326 e. The van der Waals surface area contributed by atoms with Crippen LogP contribution >= 0.6 is 23.2 Å². The lowest BCUT2D eigenvalue weighted by atomic mass is 9.93. The van der Waals surface area contributed by atoms with E-state index in [0.717, 1.165) is 24.2 Å². The van der Waals surface area contributed by atoms with Crippen molar-refractivity contribution in [2.75, 3.05) is 39.8 Å². The lowest BCUT2D eigenvalue weighted by Crippen LogP contribution is -2.53. The van der Waals surface area contributed by atoms with Crippen LogP contribution in [0.3, 0.4) is 0 Å². The van der Waals surface area contributed by atoms with Gasteiger partial charge in [-0.15, -0.1) is 0 Å². The zero-order chi connectivity index (χ0) is 29.3. The molecular formula is C31H36Cl2N6O2. The van der Waals surface area contributed by atoms with Gasteiger partial charge in [-0.2, -0.15) is 4.98 Å². The SMILES string of the molecule is CCOc1nc(C(C)(C)C)ncc1C1=N[C@H](c2ccc(Cl)cc2)[C@H](c2ccc(Cl)cc2)N1C(=O)N1CCN(C)CC1. The van der Waals surface area contributed by atoms with Crippen LogP contribution in [0.1, 0.15) is 62.3 Å². The molecule has 5 rings (SSSR count). The Hall–Kier alpha value is -3.20. The Morgan fingerprint density at radius 1 is 0.951 bits per heavy atom. The molecule has 2 aromatic carbocycles. The first kappa shape index (κ1) is 29.3. The Bertz CT molecular complexity index is 1410. The summed E-state index contributed by atoms with van der Waals surface area (Å²) in [5.74, 6) is 1.55. The second-order valence-electron chi connectivity index (χ2n) is 11.5. The van der Waals surface area contributed by atoms with Gasteiger partial charge in [-0.3, -0.25) is 9.89 Å². The third kappa shape index (κ3) is 6.20. The molecule has 0 saturated carbocycles. The molecule has 1 fully saturated rings. The van der Waals surface area contributed by atoms with Crippen LogP contribution in [-0.2, 0) is 5.41 Å². The maximum atomic E-state index is 14.5. The minimum Gasteiger partial charge on any atom is -0.477 e. The van der Waals surface area contributed by atoms with Crippen molar-refractivity contribution in [1.29, 1.82) is 0 Å². The Morgan fingerprint density at radius 3 is 2.10 bits per heavy atom. The van der Waals surface area contributed by atoms with E-state index in [9.17, 15) is 4.79 Å². The summed E-state index contributed by atoms with van der Waals surface area (Å²) in [6.45, 7) is 11.3. The van der Waals surface area contributed by atoms with Crippen LogP contribution in [0.25, 0.3) is 0 Å². The number of benzene rings is 2. The molecule has 2 amide bonds. The number of likely N-dealkylation sites (N-methyl/N-ethyl adjacent to an activating group) is 1. The summed E-state index contributed by atoms with van der Waals surface area (Å²) < 4.78 is 6.06. The van der Waals surface area contributed by atoms with E-state index in [1.165, 1.54) is 0 Å². The highest BCUT2D eigenvalue weighted by Gasteiger charge is 2.45. The fourth-order valence-corrected chi connectivity index (χ4v) is 5.38. The van der Waals surface area contributed by atoms with Crippen molar-refractivity contribution in [3.63, 3.8) is 0 Å². The molecule has 3 aromatic rings. The van der Waals surface area contributed by atoms with Crippen molar-refractivity contribution in [3.05, 3.63) is 87.3 Å². The summed E-state index contributed by atoms with van der Waals surface area (Å²) in [4.78, 5) is 35.2. The van der Waals surface area contributed by atoms with Crippen molar-refractivity contribution in [3.8, 4) is 5.88 Å². The summed E-state index contributed by atoms with van der Waals surface area (Å²) >= 11 is 12.5. The molecule has 41 heavy (non-hydrogen) atoms. The van der Waals surface area contributed by atoms with Gasteiger partial charge in [0, 0.05) is 47.8 Å². The van der Waals surface area contributed by atoms with Gasteiger partial charge in [-0.05, 0) is 49.4 Å². The van der Waals surface area contributed by atoms with Crippen LogP contribution in [0.15, 0.2) is 59.7 Å². The number of nitrogens with zero attached hydrogens (tertiary/aromatic N) is 6. The minimum absolute atomic E-state index is 0.115. The molecule has 0 aliphatic carbocycles. The minimum atomic E-state index is -0.438. The molecule has 2 aliphatic rings. The molecule has 0 spiro atoms. The quantitative estimate of drug-likeness (QED) is 0.342. The summed E-state index contributed by atoms with van der Waals surface area (Å²) in [6.07, 6.45) is 1.74. The largest absolute Gasteiger partial charge is 0.477 e. The number of aliphatic imine (C=N–C) groups is 1. The maximum absolute atomic E-state index is 14.5. The van der Waals surface area contributed by atoms with Crippen LogP contribution in [0.2, 0.25) is 10.0 Å². The first-order valence-corrected chi connectivity index (χ1v) is 14.7. The van der Waals surface area contributed by atoms with Gasteiger partial charge in [0.2, 0.25) is 5.88 Å². The van der Waals surface area contributed by atoms with E-state index in [2.05, 4.69) is 32.7 Å². The third-order valence-electron chi connectivity index (χ3n) is 7.42. The molecule has 2 atom stereocenters. The highest BCUT2D eigenvalue weighted by Crippen LogP contribution is 2.45. The van der Waals surface area contributed by atoms with E-state index in [-0.39, 0.29) is 11.4 Å². The molecule has 1 saturated heterocycles. The number of carbonyl (C=O) groups is 1. The number of rotatable bonds is 5. The topological polar surface area (TPSA) is 74.2 Å². The number of halogens is 2. The number of ether oxygens (including phenoxy) is 1. The van der Waals surface area contributed by atoms with Crippen molar-refractivity contribution in [1.82, 2.24) is 24.7 Å². The first-order chi connectivity index (χ1) is 19.6. The highest BCUT2D eigenvalue weighted by molar-refractivity contribution is 6.30. The van der Waals surface area contributed by atoms with Crippen LogP contribution in [0.4, 0.5) is 4.79 Å². The average Bonchev–Trinajstić information content (AvgIpc) is 3.34. The fraction of sp³-hybridized carbons (Fsp3) is 0.419. The molecule has 0 radical (unpaired) electrons. The number of carbonyl (C=O) groups excluding carboxylic acids is 1. The van der Waals surface area contributed by atoms with Gasteiger partial charge in [-0.25, -0.2) is 9.78 Å². The van der Waals surface area contributed by atoms with E-state index < -0.39 is 12.1 Å². The molecule has 8 nitrogen and oxygen atoms in total. The Labute approximate surface area is 252 Å². The Balaban J connectivity index is 1.70. The van der Waals surface area contributed by atoms with Gasteiger partial charge in [-0.1, -0.05) is 68.2 Å². The molecule has 216 valence electrons. The lowest BCUT2D eigenvalue weighted by molar-refractivity contribution is 0.130. The Morgan fingerprint density at radius 2 is 1.54 bits per heavy atom. The van der Waals surface area contributed by atoms with Crippen LogP contribution in [0, 0.1) is 0 Å². The van der Waals surface area contributed by atoms with Crippen molar-refractivity contribution >= 4 is 35.1 Å². The van der Waals surface area contributed by atoms with Gasteiger partial charge in [0.1, 0.15) is 17.7 Å². The summed E-state index contributed by atoms with van der Waals surface area (Å²) in [5, 5.41) is 1.26. The second-order valence-corrected chi connectivity index (χ2v) is 12.4. The van der Waals surface area contributed by atoms with Gasteiger partial charge in [0.25, 0.3) is 0 Å². The smallest absolute Gasteiger partial charge is 0.326 e. The zero-order valence-electron chi connectivity index (χ0n) is 24.1. The summed E-state index contributed by atoms with van der Waals surface area (Å²) in [7, 11) is 2.07. The Kier molecular flexibility index (Phi) is 8.55. The third-order valence-corrected chi connectivity index (χ3v) is 7.92. The fourth-order valence-electron chi connectivity index (χ4n) is 5.13. The molecule has 1 aromatic heterocycles. The predicted octanol–water partition coefficient (Wildman–Crippen LogP) is 6.39. The van der Waals surface area contributed by atoms with Gasteiger partial charge < -0.3 is 14.5 Å². The van der Waals surface area contributed by atoms with Crippen LogP contribution in [0.5, 0.6) is 5.88 Å². The predicted molar refractivity (Wildman–Crippen MR) is 163 cm³/mol. The molecule has 0 bridgehead atoms. The standard InChI is InChI=1S/C31H36Cl2N6O2/c1-6-41-28-24(19-34-29(36-28)31(2,3)4)27-35-25(20-7-11-22(32)12-8-20)26(21-9-13-23(33)14-10-21)39(27)30(40)38-17-15-37(5)16-18-38/h7-14,19,25-26H,6,15-18H2,1-5H3/t25-,26+/m1/s1. The number of hydrogen-bond donors (Lipinski definition) is 0. The van der Waals surface area contributed by atoms with E-state index in [1.807, 2.05) is 60.4 Å². The number of piperazine rings is 1. The van der Waals surface area contributed by atoms with Crippen molar-refractivity contribution in [2.24, 2.45) is 4.99 Å². The first-order valence-electron chi connectivity index (χ1n) is 13.9. The second kappa shape index (κ2) is 12.0. The van der Waals surface area contributed by atoms with Crippen LogP contribution in [-0.4, -0.2) is 76.4 Å². The van der Waals surface area contributed by atoms with Crippen molar-refractivity contribution in [2.45, 2.75) is 45.2 Å². The number of amidine groups is 1. The molecule has 0 N–H and O–H groups in total. The number of hydrogen-bond acceptors (Lipinski definition) is 6. The van der Waals surface area contributed by atoms with Gasteiger partial charge in [0.05, 0.1) is 18.2 Å². The molecule has 0 unspecified atom stereocenters. The summed E-state index contributed by atoms with van der Waals surface area (Å²) in [6, 6.07) is 14.3. The average molecular weight is 596 g/mol. The summed E-state index contributed by atoms with van der Waals surface area (Å²) in [5.41, 5.74) is 2.15. The van der Waals surface area contributed by atoms with E-state index in [4.69, 9.17) is 42.9 Å². The molecular weight excluding hydrogens is 559 g/mol. The number of urea groups is 1. The van der Waals surface area contributed by atoms with Gasteiger partial charge in [0.15, 0.2) is 0 Å². The van der Waals surface area contributed by atoms with Gasteiger partial charge >= 0.3 is 6.03 Å². The molecule has 10 heteroatoms. The molecule has 3 heterocycles. The molecule has 2 aliphatic heterocycles. The van der Waals surface area contributed by atoms with E-state index >= 15 is 0 Å². The lowest BCUT2D eigenvalue weighted by Gasteiger charge is -2.38. The van der Waals surface area contributed by atoms with E-state index in [1.54, 1.807) is 11.1 Å². The van der Waals surface area contributed by atoms with Crippen LogP contribution < -0.4 is 4.74 Å². The van der Waals surface area contributed by atoms with Crippen molar-refractivity contribution < 1.29 is 9.53 Å². The zero-order valence-corrected chi connectivity index (χ0v) is 25.7. The highest BCUT2D eigenvalue weighted by atomic mass is 35.5.